The van der Waals surface area contributed by atoms with Crippen molar-refractivity contribution in [2.45, 2.75) is 19.3 Å². The van der Waals surface area contributed by atoms with Gasteiger partial charge in [0.1, 0.15) is 0 Å². The van der Waals surface area contributed by atoms with E-state index in [4.69, 9.17) is 9.47 Å². The Hall–Kier alpha value is -1.99. The van der Waals surface area contributed by atoms with Crippen molar-refractivity contribution >= 4 is 5.78 Å². The highest BCUT2D eigenvalue weighted by Gasteiger charge is 2.13. The number of nitrogens with zero attached hydrogens (tertiary/aromatic N) is 1. The lowest BCUT2D eigenvalue weighted by Crippen LogP contribution is -2.33. The molecule has 3 rings (SSSR count). The predicted molar refractivity (Wildman–Crippen MR) is 74.7 cm³/mol. The second-order valence-corrected chi connectivity index (χ2v) is 5.08. The van der Waals surface area contributed by atoms with Crippen LogP contribution < -0.4 is 9.47 Å². The molecule has 1 saturated heterocycles. The second kappa shape index (κ2) is 5.98. The fourth-order valence-electron chi connectivity index (χ4n) is 2.48. The Labute approximate surface area is 118 Å². The maximum absolute atomic E-state index is 11.8. The maximum atomic E-state index is 11.8. The van der Waals surface area contributed by atoms with Gasteiger partial charge in [0.05, 0.1) is 6.54 Å². The number of Topliss-reactive ketones (excluding diaryl/α,β-unsaturated/α-hetero) is 1. The van der Waals surface area contributed by atoms with Gasteiger partial charge >= 0.3 is 0 Å². The third-order valence-electron chi connectivity index (χ3n) is 3.53. The number of ether oxygens (including phenoxy) is 2. The molecule has 1 aromatic carbocycles. The molecule has 0 amide bonds. The van der Waals surface area contributed by atoms with E-state index in [1.54, 1.807) is 0 Å². The predicted octanol–water partition coefficient (Wildman–Crippen LogP) is 1.82. The molecule has 1 aromatic rings. The zero-order valence-corrected chi connectivity index (χ0v) is 11.4. The molecule has 1 fully saturated rings. The third kappa shape index (κ3) is 3.12. The van der Waals surface area contributed by atoms with E-state index < -0.39 is 0 Å². The van der Waals surface area contributed by atoms with E-state index in [1.807, 2.05) is 18.2 Å². The zero-order valence-electron chi connectivity index (χ0n) is 11.4. The first-order valence-electron chi connectivity index (χ1n) is 6.98. The summed E-state index contributed by atoms with van der Waals surface area (Å²) in [6.45, 7) is 2.71. The Balaban J connectivity index is 1.61. The lowest BCUT2D eigenvalue weighted by atomic mass is 10.1. The average molecular weight is 271 g/mol. The minimum Gasteiger partial charge on any atom is -0.454 e. The standard InChI is InChI=1S/C16H17NO3/c18-14(11-17-8-2-1-3-9-17)6-4-13-5-7-15-16(10-13)20-12-19-15/h5,7,10H,1-3,8-9,11-12H2. The molecule has 0 bridgehead atoms. The molecule has 0 radical (unpaired) electrons. The summed E-state index contributed by atoms with van der Waals surface area (Å²) in [6, 6.07) is 5.47. The molecule has 0 saturated carbocycles. The van der Waals surface area contributed by atoms with Gasteiger partial charge in [-0.2, -0.15) is 0 Å². The number of hydrogen-bond acceptors (Lipinski definition) is 4. The van der Waals surface area contributed by atoms with Crippen LogP contribution in [0.3, 0.4) is 0 Å². The van der Waals surface area contributed by atoms with Crippen molar-refractivity contribution < 1.29 is 14.3 Å². The largest absolute Gasteiger partial charge is 0.454 e. The van der Waals surface area contributed by atoms with Crippen LogP contribution in [0.5, 0.6) is 11.5 Å². The first-order chi connectivity index (χ1) is 9.81. The number of ketones is 1. The lowest BCUT2D eigenvalue weighted by molar-refractivity contribution is -0.115. The minimum atomic E-state index is -0.0235. The van der Waals surface area contributed by atoms with Crippen molar-refractivity contribution in [2.75, 3.05) is 26.4 Å². The van der Waals surface area contributed by atoms with Crippen LogP contribution in [0.15, 0.2) is 18.2 Å². The summed E-state index contributed by atoms with van der Waals surface area (Å²) in [5.74, 6) is 7.02. The molecule has 104 valence electrons. The van der Waals surface area contributed by atoms with Gasteiger partial charge in [-0.25, -0.2) is 0 Å². The highest BCUT2D eigenvalue weighted by molar-refractivity contribution is 5.97. The fourth-order valence-corrected chi connectivity index (χ4v) is 2.48. The van der Waals surface area contributed by atoms with Gasteiger partial charge in [0.15, 0.2) is 11.5 Å². The molecule has 0 N–H and O–H groups in total. The fraction of sp³-hybridized carbons (Fsp3) is 0.438. The smallest absolute Gasteiger partial charge is 0.231 e. The normalized spacial score (nSPS) is 17.4. The van der Waals surface area contributed by atoms with E-state index in [9.17, 15) is 4.79 Å². The molecule has 0 atom stereocenters. The summed E-state index contributed by atoms with van der Waals surface area (Å²) in [5, 5.41) is 0. The van der Waals surface area contributed by atoms with Gasteiger partial charge in [0.2, 0.25) is 12.6 Å². The van der Waals surface area contributed by atoms with Crippen LogP contribution in [0.1, 0.15) is 24.8 Å². The number of hydrogen-bond donors (Lipinski definition) is 0. The van der Waals surface area contributed by atoms with Crippen LogP contribution in [0, 0.1) is 11.8 Å². The van der Waals surface area contributed by atoms with Gasteiger partial charge in [-0.15, -0.1) is 0 Å². The molecule has 20 heavy (non-hydrogen) atoms. The van der Waals surface area contributed by atoms with E-state index in [2.05, 4.69) is 16.7 Å². The van der Waals surface area contributed by atoms with Crippen molar-refractivity contribution in [3.05, 3.63) is 23.8 Å². The van der Waals surface area contributed by atoms with Crippen molar-refractivity contribution in [3.63, 3.8) is 0 Å². The number of carbonyl (C=O) groups excluding carboxylic acids is 1. The van der Waals surface area contributed by atoms with Gasteiger partial charge < -0.3 is 9.47 Å². The molecule has 2 heterocycles. The molecule has 2 aliphatic heterocycles. The lowest BCUT2D eigenvalue weighted by Gasteiger charge is -2.24. The van der Waals surface area contributed by atoms with Crippen molar-refractivity contribution in [1.82, 2.24) is 4.90 Å². The number of carbonyl (C=O) groups is 1. The molecule has 4 heteroatoms. The summed E-state index contributed by atoms with van der Waals surface area (Å²) < 4.78 is 10.5. The average Bonchev–Trinajstić information content (AvgIpc) is 2.93. The molecule has 0 aliphatic carbocycles. The van der Waals surface area contributed by atoms with Crippen LogP contribution in [-0.2, 0) is 4.79 Å². The summed E-state index contributed by atoms with van der Waals surface area (Å²) in [4.78, 5) is 14.0. The van der Waals surface area contributed by atoms with E-state index in [-0.39, 0.29) is 12.6 Å². The number of benzene rings is 1. The molecular weight excluding hydrogens is 254 g/mol. The Morgan fingerprint density at radius 3 is 2.80 bits per heavy atom. The molecule has 4 nitrogen and oxygen atoms in total. The Morgan fingerprint density at radius 1 is 1.15 bits per heavy atom. The van der Waals surface area contributed by atoms with Crippen molar-refractivity contribution in [2.24, 2.45) is 0 Å². The van der Waals surface area contributed by atoms with E-state index in [1.165, 1.54) is 19.3 Å². The highest BCUT2D eigenvalue weighted by Crippen LogP contribution is 2.32. The molecule has 2 aliphatic rings. The first-order valence-corrected chi connectivity index (χ1v) is 6.98. The van der Waals surface area contributed by atoms with Crippen LogP contribution in [-0.4, -0.2) is 37.1 Å². The van der Waals surface area contributed by atoms with Crippen molar-refractivity contribution in [3.8, 4) is 23.3 Å². The second-order valence-electron chi connectivity index (χ2n) is 5.08. The molecule has 0 unspecified atom stereocenters. The first kappa shape index (κ1) is 13.0. The highest BCUT2D eigenvalue weighted by atomic mass is 16.7. The van der Waals surface area contributed by atoms with Crippen LogP contribution in [0.25, 0.3) is 0 Å². The van der Waals surface area contributed by atoms with Gasteiger partial charge in [-0.05, 0) is 50.1 Å². The number of rotatable bonds is 2. The van der Waals surface area contributed by atoms with E-state index in [0.717, 1.165) is 24.4 Å². The Kier molecular flexibility index (Phi) is 3.89. The number of piperidine rings is 1. The number of fused-ring (bicyclic) bond motifs is 1. The zero-order chi connectivity index (χ0) is 13.8. The van der Waals surface area contributed by atoms with Crippen LogP contribution in [0.2, 0.25) is 0 Å². The van der Waals surface area contributed by atoms with Gasteiger partial charge in [0.25, 0.3) is 0 Å². The summed E-state index contributed by atoms with van der Waals surface area (Å²) in [7, 11) is 0. The summed E-state index contributed by atoms with van der Waals surface area (Å²) in [6.07, 6.45) is 3.64. The topological polar surface area (TPSA) is 38.8 Å². The van der Waals surface area contributed by atoms with Gasteiger partial charge in [-0.3, -0.25) is 9.69 Å². The Morgan fingerprint density at radius 2 is 1.95 bits per heavy atom. The van der Waals surface area contributed by atoms with Crippen molar-refractivity contribution in [1.29, 1.82) is 0 Å². The van der Waals surface area contributed by atoms with Gasteiger partial charge in [0, 0.05) is 5.56 Å². The number of likely N-dealkylation sites (tertiary alicyclic amines) is 1. The van der Waals surface area contributed by atoms with E-state index >= 15 is 0 Å². The molecule has 0 spiro atoms. The summed E-state index contributed by atoms with van der Waals surface area (Å²) in [5.41, 5.74) is 0.779. The quantitative estimate of drug-likeness (QED) is 0.769. The third-order valence-corrected chi connectivity index (χ3v) is 3.53. The minimum absolute atomic E-state index is 0.0235. The molecular formula is C16H17NO3. The van der Waals surface area contributed by atoms with E-state index in [0.29, 0.717) is 12.3 Å². The van der Waals surface area contributed by atoms with Crippen LogP contribution in [0.4, 0.5) is 0 Å². The molecule has 0 aromatic heterocycles. The summed E-state index contributed by atoms with van der Waals surface area (Å²) >= 11 is 0. The maximum Gasteiger partial charge on any atom is 0.231 e. The van der Waals surface area contributed by atoms with Crippen LogP contribution >= 0.6 is 0 Å². The monoisotopic (exact) mass is 271 g/mol. The Bertz CT molecular complexity index is 565. The van der Waals surface area contributed by atoms with Gasteiger partial charge in [-0.1, -0.05) is 12.3 Å². The SMILES string of the molecule is O=C(C#Cc1ccc2c(c1)OCO2)CN1CCCCC1.